The van der Waals surface area contributed by atoms with Crippen LogP contribution in [0.25, 0.3) is 0 Å². The summed E-state index contributed by atoms with van der Waals surface area (Å²) in [6.45, 7) is 5.64. The van der Waals surface area contributed by atoms with Gasteiger partial charge in [0.05, 0.1) is 19.3 Å². The normalized spacial score (nSPS) is 26.1. The molecule has 0 aromatic carbocycles. The first-order valence-electron chi connectivity index (χ1n) is 7.01. The van der Waals surface area contributed by atoms with Crippen molar-refractivity contribution in [2.45, 2.75) is 46.0 Å². The molecule has 4 nitrogen and oxygen atoms in total. The zero-order valence-corrected chi connectivity index (χ0v) is 12.3. The second-order valence-corrected chi connectivity index (χ2v) is 5.97. The molecule has 0 radical (unpaired) electrons. The van der Waals surface area contributed by atoms with E-state index >= 15 is 0 Å². The molecule has 0 bridgehead atoms. The average molecular weight is 267 g/mol. The molecule has 0 aromatic rings. The number of hydrogen-bond acceptors (Lipinski definition) is 4. The molecule has 1 aliphatic rings. The van der Waals surface area contributed by atoms with Gasteiger partial charge in [-0.25, -0.2) is 0 Å². The number of carbonyl (C=O) groups is 1. The molecule has 1 aliphatic carbocycles. The lowest BCUT2D eigenvalue weighted by molar-refractivity contribution is -0.138. The maximum Gasteiger partial charge on any atom is 0.158 e. The van der Waals surface area contributed by atoms with Gasteiger partial charge in [0.2, 0.25) is 0 Å². The Morgan fingerprint density at radius 3 is 2.63 bits per heavy atom. The van der Waals surface area contributed by atoms with Crippen molar-refractivity contribution in [1.82, 2.24) is 0 Å². The Morgan fingerprint density at radius 2 is 2.00 bits per heavy atom. The van der Waals surface area contributed by atoms with E-state index in [1.54, 1.807) is 7.11 Å². The van der Waals surface area contributed by atoms with E-state index in [1.807, 2.05) is 13.8 Å². The molecule has 0 heterocycles. The van der Waals surface area contributed by atoms with E-state index in [0.29, 0.717) is 32.7 Å². The summed E-state index contributed by atoms with van der Waals surface area (Å²) < 4.78 is 10.3. The lowest BCUT2D eigenvalue weighted by Gasteiger charge is -2.39. The Labute approximate surface area is 116 Å². The molecule has 0 spiro atoms. The lowest BCUT2D eigenvalue weighted by Crippen LogP contribution is -2.43. The molecule has 1 unspecified atom stereocenters. The van der Waals surface area contributed by atoms with Crippen molar-refractivity contribution in [3.63, 3.8) is 0 Å². The first-order valence-corrected chi connectivity index (χ1v) is 7.01. The third-order valence-corrected chi connectivity index (χ3v) is 3.99. The van der Waals surface area contributed by atoms with Crippen molar-refractivity contribution < 1.29 is 14.3 Å². The van der Waals surface area contributed by atoms with Crippen molar-refractivity contribution in [3.05, 3.63) is 0 Å². The number of methoxy groups -OCH3 is 1. The number of nitrogens with zero attached hydrogens (tertiary/aromatic N) is 1. The Morgan fingerprint density at radius 1 is 1.26 bits per heavy atom. The van der Waals surface area contributed by atoms with Crippen LogP contribution < -0.4 is 0 Å². The van der Waals surface area contributed by atoms with Gasteiger partial charge in [0, 0.05) is 19.1 Å². The van der Waals surface area contributed by atoms with E-state index in [9.17, 15) is 10.1 Å². The van der Waals surface area contributed by atoms with E-state index in [2.05, 4.69) is 6.07 Å². The van der Waals surface area contributed by atoms with Gasteiger partial charge in [-0.15, -0.1) is 0 Å². The van der Waals surface area contributed by atoms with Crippen LogP contribution in [0, 0.1) is 22.2 Å². The maximum absolute atomic E-state index is 12.5. The Hall–Kier alpha value is -0.920. The fourth-order valence-corrected chi connectivity index (χ4v) is 2.83. The first-order chi connectivity index (χ1) is 8.98. The molecule has 0 N–H and O–H groups in total. The molecule has 1 atom stereocenters. The van der Waals surface area contributed by atoms with Crippen LogP contribution in [0.1, 0.15) is 46.0 Å². The Kier molecular flexibility index (Phi) is 5.96. The van der Waals surface area contributed by atoms with Gasteiger partial charge < -0.3 is 9.47 Å². The van der Waals surface area contributed by atoms with Crippen LogP contribution in [0.2, 0.25) is 0 Å². The van der Waals surface area contributed by atoms with Crippen molar-refractivity contribution in [2.75, 3.05) is 26.9 Å². The molecule has 1 rings (SSSR count). The predicted octanol–water partition coefficient (Wildman–Crippen LogP) is 2.72. The van der Waals surface area contributed by atoms with Crippen LogP contribution in [-0.4, -0.2) is 32.7 Å². The highest BCUT2D eigenvalue weighted by atomic mass is 16.5. The molecule has 0 saturated heterocycles. The quantitative estimate of drug-likeness (QED) is 0.665. The lowest BCUT2D eigenvalue weighted by atomic mass is 9.61. The summed E-state index contributed by atoms with van der Waals surface area (Å²) >= 11 is 0. The van der Waals surface area contributed by atoms with Gasteiger partial charge in [0.25, 0.3) is 0 Å². The minimum Gasteiger partial charge on any atom is -0.382 e. The number of nitriles is 1. The summed E-state index contributed by atoms with van der Waals surface area (Å²) in [6.07, 6.45) is 3.90. The van der Waals surface area contributed by atoms with Gasteiger partial charge in [-0.3, -0.25) is 4.79 Å². The summed E-state index contributed by atoms with van der Waals surface area (Å²) in [5, 5.41) is 9.45. The summed E-state index contributed by atoms with van der Waals surface area (Å²) in [4.78, 5) is 12.5. The number of Topliss-reactive ketones (excluding diaryl/α,β-unsaturated/α-hetero) is 1. The van der Waals surface area contributed by atoms with Crippen molar-refractivity contribution in [2.24, 2.45) is 10.8 Å². The molecule has 0 amide bonds. The molecule has 108 valence electrons. The van der Waals surface area contributed by atoms with Gasteiger partial charge in [0.1, 0.15) is 5.41 Å². The third kappa shape index (κ3) is 4.02. The van der Waals surface area contributed by atoms with E-state index in [1.165, 1.54) is 0 Å². The van der Waals surface area contributed by atoms with Gasteiger partial charge in [-0.1, -0.05) is 20.3 Å². The summed E-state index contributed by atoms with van der Waals surface area (Å²) in [5.74, 6) is 0.116. The van der Waals surface area contributed by atoms with Crippen molar-refractivity contribution in [3.8, 4) is 6.07 Å². The molecule has 1 fully saturated rings. The SMILES string of the molecule is COCCOCCCC1(C#N)CCCC(C)(C)C1=O. The predicted molar refractivity (Wildman–Crippen MR) is 72.6 cm³/mol. The molecule has 4 heteroatoms. The van der Waals surface area contributed by atoms with Crippen molar-refractivity contribution >= 4 is 5.78 Å². The maximum atomic E-state index is 12.5. The number of rotatable bonds is 7. The van der Waals surface area contributed by atoms with Crippen LogP contribution in [0.5, 0.6) is 0 Å². The molecule has 1 saturated carbocycles. The topological polar surface area (TPSA) is 59.3 Å². The molecule has 0 aromatic heterocycles. The third-order valence-electron chi connectivity index (χ3n) is 3.99. The molecular formula is C15H25NO3. The van der Waals surface area contributed by atoms with E-state index in [4.69, 9.17) is 9.47 Å². The van der Waals surface area contributed by atoms with Gasteiger partial charge in [-0.2, -0.15) is 5.26 Å². The molecular weight excluding hydrogens is 242 g/mol. The summed E-state index contributed by atoms with van der Waals surface area (Å²) in [5.41, 5.74) is -1.14. The molecule has 0 aliphatic heterocycles. The highest BCUT2D eigenvalue weighted by Crippen LogP contribution is 2.45. The standard InChI is InChI=1S/C15H25NO3/c1-14(2)6-4-7-15(12-16,13(14)17)8-5-9-19-11-10-18-3/h4-11H2,1-3H3. The van der Waals surface area contributed by atoms with Gasteiger partial charge >= 0.3 is 0 Å². The van der Waals surface area contributed by atoms with Crippen LogP contribution in [0.15, 0.2) is 0 Å². The molecule has 19 heavy (non-hydrogen) atoms. The van der Waals surface area contributed by atoms with Gasteiger partial charge in [0.15, 0.2) is 5.78 Å². The number of hydrogen-bond donors (Lipinski definition) is 0. The number of carbonyl (C=O) groups excluding carboxylic acids is 1. The largest absolute Gasteiger partial charge is 0.382 e. The fourth-order valence-electron chi connectivity index (χ4n) is 2.83. The van der Waals surface area contributed by atoms with Crippen LogP contribution in [0.3, 0.4) is 0 Å². The van der Waals surface area contributed by atoms with Crippen LogP contribution in [0.4, 0.5) is 0 Å². The Bertz CT molecular complexity index is 346. The van der Waals surface area contributed by atoms with E-state index < -0.39 is 5.41 Å². The second-order valence-electron chi connectivity index (χ2n) is 5.97. The second kappa shape index (κ2) is 7.02. The van der Waals surface area contributed by atoms with Crippen LogP contribution in [-0.2, 0) is 14.3 Å². The fraction of sp³-hybridized carbons (Fsp3) is 0.867. The van der Waals surface area contributed by atoms with E-state index in [-0.39, 0.29) is 11.2 Å². The first kappa shape index (κ1) is 16.1. The van der Waals surface area contributed by atoms with Crippen molar-refractivity contribution in [1.29, 1.82) is 5.26 Å². The zero-order valence-electron chi connectivity index (χ0n) is 12.3. The van der Waals surface area contributed by atoms with E-state index in [0.717, 1.165) is 19.3 Å². The average Bonchev–Trinajstić information content (AvgIpc) is 2.38. The van der Waals surface area contributed by atoms with Crippen LogP contribution >= 0.6 is 0 Å². The number of ketones is 1. The minimum atomic E-state index is -0.785. The minimum absolute atomic E-state index is 0.116. The highest BCUT2D eigenvalue weighted by Gasteiger charge is 2.48. The smallest absolute Gasteiger partial charge is 0.158 e. The highest BCUT2D eigenvalue weighted by molar-refractivity contribution is 5.92. The Balaban J connectivity index is 2.48. The zero-order chi connectivity index (χ0) is 14.4. The summed E-state index contributed by atoms with van der Waals surface area (Å²) in [7, 11) is 1.64. The monoisotopic (exact) mass is 267 g/mol. The van der Waals surface area contributed by atoms with Gasteiger partial charge in [-0.05, 0) is 25.7 Å². The number of ether oxygens (including phenoxy) is 2. The summed E-state index contributed by atoms with van der Waals surface area (Å²) in [6, 6.07) is 2.30.